The van der Waals surface area contributed by atoms with Crippen molar-refractivity contribution in [3.63, 3.8) is 0 Å². The minimum atomic E-state index is -0.194. The molecule has 0 saturated carbocycles. The molecule has 152 valence electrons. The van der Waals surface area contributed by atoms with Crippen molar-refractivity contribution in [1.82, 2.24) is 10.6 Å². The molecule has 28 heavy (non-hydrogen) atoms. The van der Waals surface area contributed by atoms with Crippen molar-refractivity contribution in [3.8, 4) is 23.0 Å². The first-order chi connectivity index (χ1) is 13.6. The molecule has 0 aliphatic heterocycles. The van der Waals surface area contributed by atoms with Gasteiger partial charge in [-0.3, -0.25) is 0 Å². The Morgan fingerprint density at radius 2 is 1.07 bits per heavy atom. The molecule has 0 fully saturated rings. The average Bonchev–Trinajstić information content (AvgIpc) is 2.73. The van der Waals surface area contributed by atoms with E-state index >= 15 is 0 Å². The van der Waals surface area contributed by atoms with Crippen LogP contribution in [0.2, 0.25) is 0 Å². The van der Waals surface area contributed by atoms with Crippen LogP contribution in [0, 0.1) is 0 Å². The lowest BCUT2D eigenvalue weighted by molar-refractivity contribution is 0.241. The van der Waals surface area contributed by atoms with Crippen molar-refractivity contribution in [1.29, 1.82) is 0 Å². The molecule has 2 amide bonds. The number of urea groups is 1. The number of ether oxygens (including phenoxy) is 4. The molecule has 2 aromatic rings. The van der Waals surface area contributed by atoms with Crippen LogP contribution in [0.3, 0.4) is 0 Å². The van der Waals surface area contributed by atoms with E-state index in [1.54, 1.807) is 28.4 Å². The molecule has 7 nitrogen and oxygen atoms in total. The maximum atomic E-state index is 12.0. The highest BCUT2D eigenvalue weighted by molar-refractivity contribution is 5.73. The van der Waals surface area contributed by atoms with Crippen LogP contribution in [-0.2, 0) is 12.8 Å². The third-order valence-corrected chi connectivity index (χ3v) is 4.29. The predicted molar refractivity (Wildman–Crippen MR) is 108 cm³/mol. The van der Waals surface area contributed by atoms with Crippen LogP contribution in [0.25, 0.3) is 0 Å². The normalized spacial score (nSPS) is 10.1. The zero-order valence-electron chi connectivity index (χ0n) is 16.8. The number of hydrogen-bond donors (Lipinski definition) is 2. The summed E-state index contributed by atoms with van der Waals surface area (Å²) in [5.74, 6) is 2.73. The van der Waals surface area contributed by atoms with E-state index in [9.17, 15) is 4.79 Å². The van der Waals surface area contributed by atoms with Gasteiger partial charge < -0.3 is 29.6 Å². The van der Waals surface area contributed by atoms with Gasteiger partial charge in [0.15, 0.2) is 23.0 Å². The fraction of sp³-hybridized carbons (Fsp3) is 0.381. The van der Waals surface area contributed by atoms with E-state index in [2.05, 4.69) is 10.6 Å². The molecule has 0 unspecified atom stereocenters. The van der Waals surface area contributed by atoms with Gasteiger partial charge in [0.2, 0.25) is 0 Å². The second-order valence-corrected chi connectivity index (χ2v) is 6.06. The summed E-state index contributed by atoms with van der Waals surface area (Å²) >= 11 is 0. The Balaban J connectivity index is 1.73. The Bertz CT molecular complexity index is 716. The monoisotopic (exact) mass is 388 g/mol. The van der Waals surface area contributed by atoms with E-state index in [0.29, 0.717) is 48.9 Å². The molecule has 2 N–H and O–H groups in total. The largest absolute Gasteiger partial charge is 0.493 e. The highest BCUT2D eigenvalue weighted by Crippen LogP contribution is 2.28. The van der Waals surface area contributed by atoms with Crippen molar-refractivity contribution in [2.24, 2.45) is 0 Å². The number of rotatable bonds is 10. The number of amides is 2. The minimum Gasteiger partial charge on any atom is -0.493 e. The van der Waals surface area contributed by atoms with Gasteiger partial charge in [-0.15, -0.1) is 0 Å². The summed E-state index contributed by atoms with van der Waals surface area (Å²) in [6.07, 6.45) is 1.40. The fourth-order valence-corrected chi connectivity index (χ4v) is 2.78. The van der Waals surface area contributed by atoms with Gasteiger partial charge in [-0.05, 0) is 48.2 Å². The number of carbonyl (C=O) groups excluding carboxylic acids is 1. The number of benzene rings is 2. The van der Waals surface area contributed by atoms with Gasteiger partial charge in [-0.1, -0.05) is 12.1 Å². The van der Waals surface area contributed by atoms with Gasteiger partial charge in [0.25, 0.3) is 0 Å². The summed E-state index contributed by atoms with van der Waals surface area (Å²) in [6, 6.07) is 11.3. The maximum absolute atomic E-state index is 12.0. The molecule has 0 bridgehead atoms. The van der Waals surface area contributed by atoms with Gasteiger partial charge in [0.05, 0.1) is 28.4 Å². The molecule has 0 spiro atoms. The van der Waals surface area contributed by atoms with Crippen LogP contribution >= 0.6 is 0 Å². The van der Waals surface area contributed by atoms with Crippen LogP contribution in [0.15, 0.2) is 36.4 Å². The van der Waals surface area contributed by atoms with Crippen LogP contribution < -0.4 is 29.6 Å². The molecule has 0 heterocycles. The van der Waals surface area contributed by atoms with E-state index in [-0.39, 0.29) is 6.03 Å². The third-order valence-electron chi connectivity index (χ3n) is 4.29. The lowest BCUT2D eigenvalue weighted by Crippen LogP contribution is -2.37. The Hall–Kier alpha value is -3.09. The van der Waals surface area contributed by atoms with Gasteiger partial charge in [0.1, 0.15) is 0 Å². The summed E-state index contributed by atoms with van der Waals surface area (Å²) in [4.78, 5) is 12.0. The Morgan fingerprint density at radius 3 is 1.43 bits per heavy atom. The first-order valence-electron chi connectivity index (χ1n) is 9.04. The lowest BCUT2D eigenvalue weighted by Gasteiger charge is -2.11. The van der Waals surface area contributed by atoms with Gasteiger partial charge >= 0.3 is 6.03 Å². The molecule has 0 aromatic heterocycles. The average molecular weight is 388 g/mol. The summed E-state index contributed by atoms with van der Waals surface area (Å²) in [5.41, 5.74) is 2.12. The Morgan fingerprint density at radius 1 is 0.679 bits per heavy atom. The van der Waals surface area contributed by atoms with E-state index < -0.39 is 0 Å². The van der Waals surface area contributed by atoms with Crippen molar-refractivity contribution in [2.45, 2.75) is 12.8 Å². The second-order valence-electron chi connectivity index (χ2n) is 6.06. The standard InChI is InChI=1S/C21H28N2O5/c1-25-17-7-5-15(13-19(17)27-3)9-11-22-21(24)23-12-10-16-6-8-18(26-2)20(14-16)28-4/h5-8,13-14H,9-12H2,1-4H3,(H2,22,23,24). The van der Waals surface area contributed by atoms with Crippen LogP contribution in [0.4, 0.5) is 4.79 Å². The minimum absolute atomic E-state index is 0.194. The molecular weight excluding hydrogens is 360 g/mol. The summed E-state index contributed by atoms with van der Waals surface area (Å²) < 4.78 is 21.0. The number of hydrogen-bond acceptors (Lipinski definition) is 5. The molecular formula is C21H28N2O5. The third kappa shape index (κ3) is 5.97. The Labute approximate surface area is 165 Å². The van der Waals surface area contributed by atoms with Crippen LogP contribution in [0.5, 0.6) is 23.0 Å². The zero-order chi connectivity index (χ0) is 20.4. The highest BCUT2D eigenvalue weighted by Gasteiger charge is 2.07. The van der Waals surface area contributed by atoms with Crippen LogP contribution in [0.1, 0.15) is 11.1 Å². The zero-order valence-corrected chi connectivity index (χ0v) is 16.8. The summed E-state index contributed by atoms with van der Waals surface area (Å²) in [5, 5.41) is 5.71. The second kappa shape index (κ2) is 10.9. The van der Waals surface area contributed by atoms with E-state index in [0.717, 1.165) is 11.1 Å². The van der Waals surface area contributed by atoms with E-state index in [1.165, 1.54) is 0 Å². The number of carbonyl (C=O) groups is 1. The Kier molecular flexibility index (Phi) is 8.27. The lowest BCUT2D eigenvalue weighted by atomic mass is 10.1. The van der Waals surface area contributed by atoms with E-state index in [1.807, 2.05) is 36.4 Å². The first-order valence-corrected chi connectivity index (χ1v) is 9.04. The highest BCUT2D eigenvalue weighted by atomic mass is 16.5. The first kappa shape index (κ1) is 21.2. The molecule has 0 aliphatic carbocycles. The molecule has 0 atom stereocenters. The molecule has 2 rings (SSSR count). The SMILES string of the molecule is COc1ccc(CCNC(=O)NCCc2ccc(OC)c(OC)c2)cc1OC. The maximum Gasteiger partial charge on any atom is 0.314 e. The van der Waals surface area contributed by atoms with Gasteiger partial charge in [0, 0.05) is 13.1 Å². The summed E-state index contributed by atoms with van der Waals surface area (Å²) in [7, 11) is 6.41. The van der Waals surface area contributed by atoms with Gasteiger partial charge in [-0.2, -0.15) is 0 Å². The van der Waals surface area contributed by atoms with Crippen molar-refractivity contribution < 1.29 is 23.7 Å². The predicted octanol–water partition coefficient (Wildman–Crippen LogP) is 2.81. The molecule has 0 saturated heterocycles. The van der Waals surface area contributed by atoms with Crippen LogP contribution in [-0.4, -0.2) is 47.6 Å². The molecule has 7 heteroatoms. The summed E-state index contributed by atoms with van der Waals surface area (Å²) in [6.45, 7) is 1.05. The topological polar surface area (TPSA) is 78.1 Å². The number of nitrogens with one attached hydrogen (secondary N) is 2. The van der Waals surface area contributed by atoms with Crippen molar-refractivity contribution >= 4 is 6.03 Å². The van der Waals surface area contributed by atoms with Gasteiger partial charge in [-0.25, -0.2) is 4.79 Å². The smallest absolute Gasteiger partial charge is 0.314 e. The quantitative estimate of drug-likeness (QED) is 0.654. The molecule has 0 aliphatic rings. The van der Waals surface area contributed by atoms with E-state index in [4.69, 9.17) is 18.9 Å². The molecule has 0 radical (unpaired) electrons. The van der Waals surface area contributed by atoms with Crippen molar-refractivity contribution in [2.75, 3.05) is 41.5 Å². The van der Waals surface area contributed by atoms with Crippen molar-refractivity contribution in [3.05, 3.63) is 47.5 Å². The fourth-order valence-electron chi connectivity index (χ4n) is 2.78. The molecule has 2 aromatic carbocycles. The number of methoxy groups -OCH3 is 4.